The maximum Gasteiger partial charge on any atom is 0.306 e. The van der Waals surface area contributed by atoms with E-state index in [0.717, 1.165) is 96.3 Å². The first-order chi connectivity index (χ1) is 33.0. The van der Waals surface area contributed by atoms with Gasteiger partial charge in [-0.2, -0.15) is 0 Å². The van der Waals surface area contributed by atoms with Gasteiger partial charge in [-0.15, -0.1) is 0 Å². The topological polar surface area (TPSA) is 78.9 Å². The van der Waals surface area contributed by atoms with Crippen molar-refractivity contribution in [1.82, 2.24) is 0 Å². The van der Waals surface area contributed by atoms with Gasteiger partial charge in [-0.1, -0.05) is 268 Å². The average Bonchev–Trinajstić information content (AvgIpc) is 3.33. The van der Waals surface area contributed by atoms with Crippen LogP contribution in [-0.2, 0) is 28.6 Å². The van der Waals surface area contributed by atoms with Crippen molar-refractivity contribution in [2.75, 3.05) is 13.2 Å². The van der Waals surface area contributed by atoms with E-state index < -0.39 is 6.10 Å². The minimum Gasteiger partial charge on any atom is -0.462 e. The summed E-state index contributed by atoms with van der Waals surface area (Å²) in [7, 11) is 0. The Balaban J connectivity index is 4.40. The van der Waals surface area contributed by atoms with Gasteiger partial charge in [0.2, 0.25) is 0 Å². The van der Waals surface area contributed by atoms with E-state index >= 15 is 0 Å². The van der Waals surface area contributed by atoms with Gasteiger partial charge < -0.3 is 14.2 Å². The predicted molar refractivity (Wildman–Crippen MR) is 288 cm³/mol. The van der Waals surface area contributed by atoms with E-state index in [1.54, 1.807) is 0 Å². The molecule has 0 radical (unpaired) electrons. The second kappa shape index (κ2) is 55.7. The Hall–Kier alpha value is -2.89. The molecular weight excluding hydrogens is 829 g/mol. The highest BCUT2D eigenvalue weighted by Crippen LogP contribution is 2.16. The van der Waals surface area contributed by atoms with Crippen molar-refractivity contribution in [3.8, 4) is 0 Å². The van der Waals surface area contributed by atoms with Gasteiger partial charge in [-0.3, -0.25) is 14.4 Å². The fourth-order valence-electron chi connectivity index (χ4n) is 8.24. The molecule has 0 aliphatic carbocycles. The molecule has 0 saturated carbocycles. The number of hydrogen-bond acceptors (Lipinski definition) is 6. The van der Waals surface area contributed by atoms with Crippen molar-refractivity contribution in [1.29, 1.82) is 0 Å². The summed E-state index contributed by atoms with van der Waals surface area (Å²) in [5.74, 6) is -0.900. The van der Waals surface area contributed by atoms with Crippen LogP contribution < -0.4 is 0 Å². The van der Waals surface area contributed by atoms with Crippen molar-refractivity contribution in [2.45, 2.75) is 297 Å². The molecule has 0 saturated heterocycles. The first-order valence-electron chi connectivity index (χ1n) is 28.8. The van der Waals surface area contributed by atoms with Gasteiger partial charge >= 0.3 is 17.9 Å². The van der Waals surface area contributed by atoms with Gasteiger partial charge in [0.25, 0.3) is 0 Å². The zero-order valence-electron chi connectivity index (χ0n) is 44.4. The third-order valence-electron chi connectivity index (χ3n) is 12.5. The second-order valence-electron chi connectivity index (χ2n) is 19.2. The molecule has 6 nitrogen and oxygen atoms in total. The van der Waals surface area contributed by atoms with Gasteiger partial charge in [0.1, 0.15) is 13.2 Å². The number of ether oxygens (including phenoxy) is 3. The number of hydrogen-bond donors (Lipinski definition) is 0. The molecule has 388 valence electrons. The number of allylic oxidation sites excluding steroid dienone is 10. The number of esters is 3. The van der Waals surface area contributed by atoms with Gasteiger partial charge in [-0.05, 0) is 64.2 Å². The monoisotopic (exact) mass is 937 g/mol. The van der Waals surface area contributed by atoms with E-state index in [2.05, 4.69) is 81.5 Å². The van der Waals surface area contributed by atoms with Gasteiger partial charge in [0.15, 0.2) is 6.10 Å². The summed E-state index contributed by atoms with van der Waals surface area (Å²) in [5.41, 5.74) is 0. The van der Waals surface area contributed by atoms with Crippen LogP contribution in [0.15, 0.2) is 60.8 Å². The Kier molecular flexibility index (Phi) is 53.3. The molecule has 6 heteroatoms. The predicted octanol–water partition coefficient (Wildman–Crippen LogP) is 19.2. The van der Waals surface area contributed by atoms with E-state index in [0.29, 0.717) is 19.3 Å². The molecule has 67 heavy (non-hydrogen) atoms. The molecule has 0 rings (SSSR count). The smallest absolute Gasteiger partial charge is 0.306 e. The van der Waals surface area contributed by atoms with Crippen LogP contribution in [0, 0.1) is 0 Å². The lowest BCUT2D eigenvalue weighted by atomic mass is 10.0. The van der Waals surface area contributed by atoms with Crippen molar-refractivity contribution in [3.63, 3.8) is 0 Å². The van der Waals surface area contributed by atoms with Crippen molar-refractivity contribution in [3.05, 3.63) is 60.8 Å². The lowest BCUT2D eigenvalue weighted by molar-refractivity contribution is -0.167. The largest absolute Gasteiger partial charge is 0.462 e. The van der Waals surface area contributed by atoms with Gasteiger partial charge in [-0.25, -0.2) is 0 Å². The van der Waals surface area contributed by atoms with Crippen LogP contribution >= 0.6 is 0 Å². The van der Waals surface area contributed by atoms with E-state index in [9.17, 15) is 14.4 Å². The summed E-state index contributed by atoms with van der Waals surface area (Å²) in [5, 5.41) is 0. The molecule has 0 bridgehead atoms. The van der Waals surface area contributed by atoms with Crippen molar-refractivity contribution in [2.24, 2.45) is 0 Å². The molecule has 0 aromatic rings. The molecule has 1 atom stereocenters. The molecule has 0 fully saturated rings. The molecule has 0 unspecified atom stereocenters. The van der Waals surface area contributed by atoms with E-state index in [1.807, 2.05) is 0 Å². The number of rotatable bonds is 52. The van der Waals surface area contributed by atoms with Crippen LogP contribution in [0.1, 0.15) is 290 Å². The molecular formula is C61H108O6. The Bertz CT molecular complexity index is 1210. The highest BCUT2D eigenvalue weighted by Gasteiger charge is 2.19. The van der Waals surface area contributed by atoms with Gasteiger partial charge in [0.05, 0.1) is 0 Å². The maximum atomic E-state index is 12.9. The molecule has 0 aliphatic heterocycles. The summed E-state index contributed by atoms with van der Waals surface area (Å²) in [6, 6.07) is 0. The van der Waals surface area contributed by atoms with Crippen LogP contribution in [0.5, 0.6) is 0 Å². The lowest BCUT2D eigenvalue weighted by Crippen LogP contribution is -2.30. The minimum absolute atomic E-state index is 0.0808. The fourth-order valence-corrected chi connectivity index (χ4v) is 8.24. The van der Waals surface area contributed by atoms with E-state index in [4.69, 9.17) is 14.2 Å². The van der Waals surface area contributed by atoms with Crippen molar-refractivity contribution >= 4 is 17.9 Å². The Morgan fingerprint density at radius 2 is 0.582 bits per heavy atom. The summed E-state index contributed by atoms with van der Waals surface area (Å²) < 4.78 is 16.9. The summed E-state index contributed by atoms with van der Waals surface area (Å²) in [4.78, 5) is 38.1. The van der Waals surface area contributed by atoms with Crippen LogP contribution in [-0.4, -0.2) is 37.2 Å². The Morgan fingerprint density at radius 3 is 0.910 bits per heavy atom. The Morgan fingerprint density at radius 1 is 0.313 bits per heavy atom. The molecule has 0 aliphatic rings. The van der Waals surface area contributed by atoms with Crippen molar-refractivity contribution < 1.29 is 28.6 Å². The quantitative estimate of drug-likeness (QED) is 0.0262. The van der Waals surface area contributed by atoms with Crippen LogP contribution in [0.2, 0.25) is 0 Å². The third kappa shape index (κ3) is 53.9. The first kappa shape index (κ1) is 64.1. The lowest BCUT2D eigenvalue weighted by Gasteiger charge is -2.18. The average molecular weight is 938 g/mol. The number of unbranched alkanes of at least 4 members (excludes halogenated alkanes) is 31. The first-order valence-corrected chi connectivity index (χ1v) is 28.8. The van der Waals surface area contributed by atoms with E-state index in [-0.39, 0.29) is 31.1 Å². The molecule has 0 aromatic carbocycles. The fraction of sp³-hybridized carbons (Fsp3) is 0.787. The summed E-state index contributed by atoms with van der Waals surface area (Å²) >= 11 is 0. The Labute approximate surface area is 415 Å². The maximum absolute atomic E-state index is 12.9. The number of carbonyl (C=O) groups is 3. The van der Waals surface area contributed by atoms with Crippen LogP contribution in [0.3, 0.4) is 0 Å². The summed E-state index contributed by atoms with van der Waals surface area (Å²) in [6.45, 7) is 6.53. The SMILES string of the molecule is CC/C=C/C/C=C/C/C=C/C/C=C/C/C=C/CCCCCC(=O)OC[C@@H](COC(=O)CCCCCCCCCCCCCCC)OC(=O)CCCCCCCCCCCCCCCCCCC. The highest BCUT2D eigenvalue weighted by molar-refractivity contribution is 5.71. The highest BCUT2D eigenvalue weighted by atomic mass is 16.6. The van der Waals surface area contributed by atoms with Gasteiger partial charge in [0, 0.05) is 19.3 Å². The van der Waals surface area contributed by atoms with Crippen LogP contribution in [0.4, 0.5) is 0 Å². The van der Waals surface area contributed by atoms with Crippen LogP contribution in [0.25, 0.3) is 0 Å². The molecule has 0 amide bonds. The standard InChI is InChI=1S/C61H108O6/c1-4-7-10-13-16-19-22-25-27-29-30-32-33-36-39-42-45-48-51-54-60(63)66-57-58(56-65-59(62)53-50-47-44-41-38-35-24-21-18-15-12-9-6-3)67-61(64)55-52-49-46-43-40-37-34-31-28-26-23-20-17-14-11-8-5-2/h7,10,16,19,25,27,30,32,36,39,58H,4-6,8-9,11-15,17-18,20-24,26,28-29,31,33-35,37-38,40-57H2,1-3H3/b10-7+,19-16+,27-25+,32-30+,39-36+/t58-/m1/s1. The molecule has 0 N–H and O–H groups in total. The summed E-state index contributed by atoms with van der Waals surface area (Å²) in [6.07, 6.45) is 69.2. The molecule has 0 spiro atoms. The third-order valence-corrected chi connectivity index (χ3v) is 12.5. The minimum atomic E-state index is -0.784. The molecule has 0 aromatic heterocycles. The second-order valence-corrected chi connectivity index (χ2v) is 19.2. The number of carbonyl (C=O) groups excluding carboxylic acids is 3. The normalized spacial score (nSPS) is 12.5. The zero-order valence-corrected chi connectivity index (χ0v) is 44.4. The van der Waals surface area contributed by atoms with E-state index in [1.165, 1.54) is 154 Å². The zero-order chi connectivity index (χ0) is 48.6. The molecule has 0 heterocycles.